The van der Waals surface area contributed by atoms with Gasteiger partial charge in [0.25, 0.3) is 0 Å². The Hall–Kier alpha value is -4.97. The van der Waals surface area contributed by atoms with Gasteiger partial charge in [0, 0.05) is 22.3 Å². The zero-order valence-corrected chi connectivity index (χ0v) is 24.5. The molecule has 2 heterocycles. The lowest BCUT2D eigenvalue weighted by Crippen LogP contribution is -2.23. The standard InChI is InChI=1S/C31H27F3N6O2S/c1-19-6-5-7-20(2)27(19)40-22(4)17-43-30(40)37-29(41)36-21(3)16-23-8-10-24(11-9-23)28-35-18-39(38-28)25-12-14-26(15-13-25)42-31(32,33)34/h5-18H,1-4H3,(H,36,41)/b21-16+,37-30?. The van der Waals surface area contributed by atoms with Crippen molar-refractivity contribution >= 4 is 23.4 Å². The van der Waals surface area contributed by atoms with Gasteiger partial charge >= 0.3 is 12.4 Å². The molecular weight excluding hydrogens is 577 g/mol. The Morgan fingerprint density at radius 1 is 1.00 bits per heavy atom. The maximum absolute atomic E-state index is 12.8. The molecule has 5 rings (SSSR count). The summed E-state index contributed by atoms with van der Waals surface area (Å²) in [4.78, 5) is 22.0. The predicted molar refractivity (Wildman–Crippen MR) is 159 cm³/mol. The third-order valence-corrected chi connectivity index (χ3v) is 7.37. The largest absolute Gasteiger partial charge is 0.573 e. The molecule has 0 aliphatic carbocycles. The van der Waals surface area contributed by atoms with Crippen LogP contribution < -0.4 is 14.9 Å². The lowest BCUT2D eigenvalue weighted by Gasteiger charge is -2.12. The van der Waals surface area contributed by atoms with Gasteiger partial charge in [-0.3, -0.25) is 4.57 Å². The van der Waals surface area contributed by atoms with Crippen LogP contribution in [0.3, 0.4) is 0 Å². The Bertz CT molecular complexity index is 1850. The molecule has 220 valence electrons. The van der Waals surface area contributed by atoms with Gasteiger partial charge in [-0.15, -0.1) is 29.6 Å². The number of para-hydroxylation sites is 1. The maximum Gasteiger partial charge on any atom is 0.573 e. The Balaban J connectivity index is 1.27. The minimum atomic E-state index is -4.75. The third kappa shape index (κ3) is 7.09. The van der Waals surface area contributed by atoms with Gasteiger partial charge in [-0.05, 0) is 74.7 Å². The highest BCUT2D eigenvalue weighted by Gasteiger charge is 2.31. The van der Waals surface area contributed by atoms with Gasteiger partial charge in [0.15, 0.2) is 10.6 Å². The predicted octanol–water partition coefficient (Wildman–Crippen LogP) is 7.28. The zero-order valence-electron chi connectivity index (χ0n) is 23.7. The number of hydrogen-bond donors (Lipinski definition) is 1. The molecule has 0 unspecified atom stereocenters. The van der Waals surface area contributed by atoms with Gasteiger partial charge in [0.05, 0.1) is 11.4 Å². The first-order chi connectivity index (χ1) is 20.5. The van der Waals surface area contributed by atoms with E-state index in [1.165, 1.54) is 46.6 Å². The van der Waals surface area contributed by atoms with Crippen molar-refractivity contribution in [1.82, 2.24) is 24.6 Å². The van der Waals surface area contributed by atoms with E-state index in [2.05, 4.69) is 25.1 Å². The molecule has 0 bridgehead atoms. The van der Waals surface area contributed by atoms with Crippen LogP contribution in [0.15, 0.2) is 89.1 Å². The minimum Gasteiger partial charge on any atom is -0.406 e. The average Bonchev–Trinajstić information content (AvgIpc) is 3.56. The van der Waals surface area contributed by atoms with Gasteiger partial charge < -0.3 is 10.1 Å². The summed E-state index contributed by atoms with van der Waals surface area (Å²) >= 11 is 1.41. The molecule has 2 amide bonds. The van der Waals surface area contributed by atoms with Crippen molar-refractivity contribution in [2.75, 3.05) is 0 Å². The van der Waals surface area contributed by atoms with Crippen molar-refractivity contribution in [1.29, 1.82) is 0 Å². The second-order valence-electron chi connectivity index (χ2n) is 9.78. The van der Waals surface area contributed by atoms with E-state index < -0.39 is 12.4 Å². The number of amides is 2. The number of carbonyl (C=O) groups excluding carboxylic acids is 1. The molecule has 3 aromatic carbocycles. The van der Waals surface area contributed by atoms with Crippen LogP contribution in [-0.2, 0) is 0 Å². The quantitative estimate of drug-likeness (QED) is 0.221. The number of thiazole rings is 1. The fourth-order valence-electron chi connectivity index (χ4n) is 4.52. The number of aromatic nitrogens is 4. The summed E-state index contributed by atoms with van der Waals surface area (Å²) in [6, 6.07) is 18.4. The van der Waals surface area contributed by atoms with Gasteiger partial charge in [-0.1, -0.05) is 42.5 Å². The molecule has 0 saturated heterocycles. The molecule has 12 heteroatoms. The Morgan fingerprint density at radius 2 is 1.67 bits per heavy atom. The molecule has 43 heavy (non-hydrogen) atoms. The van der Waals surface area contributed by atoms with Crippen LogP contribution >= 0.6 is 11.3 Å². The molecule has 2 aromatic heterocycles. The van der Waals surface area contributed by atoms with Crippen molar-refractivity contribution in [2.45, 2.75) is 34.1 Å². The molecule has 0 spiro atoms. The summed E-state index contributed by atoms with van der Waals surface area (Å²) in [6.07, 6.45) is -1.45. The zero-order chi connectivity index (χ0) is 30.7. The molecule has 0 fully saturated rings. The lowest BCUT2D eigenvalue weighted by molar-refractivity contribution is -0.274. The van der Waals surface area contributed by atoms with Crippen LogP contribution in [0.1, 0.15) is 29.3 Å². The smallest absolute Gasteiger partial charge is 0.406 e. The maximum atomic E-state index is 12.8. The highest BCUT2D eigenvalue weighted by atomic mass is 32.1. The molecule has 8 nitrogen and oxygen atoms in total. The summed E-state index contributed by atoms with van der Waals surface area (Å²) in [5.74, 6) is 0.126. The molecule has 0 aliphatic rings. The lowest BCUT2D eigenvalue weighted by atomic mass is 10.1. The molecule has 0 radical (unpaired) electrons. The van der Waals surface area contributed by atoms with Crippen molar-refractivity contribution in [3.05, 3.63) is 111 Å². The van der Waals surface area contributed by atoms with E-state index in [-0.39, 0.29) is 5.75 Å². The summed E-state index contributed by atoms with van der Waals surface area (Å²) in [5.41, 5.74) is 6.95. The fourth-order valence-corrected chi connectivity index (χ4v) is 5.38. The molecule has 0 aliphatic heterocycles. The van der Waals surface area contributed by atoms with Crippen LogP contribution in [0.2, 0.25) is 0 Å². The number of aryl methyl sites for hydroxylation is 3. The second kappa shape index (κ2) is 12.1. The number of alkyl halides is 3. The van der Waals surface area contributed by atoms with Crippen molar-refractivity contribution < 1.29 is 22.7 Å². The first-order valence-electron chi connectivity index (χ1n) is 13.1. The molecule has 0 atom stereocenters. The molecule has 1 N–H and O–H groups in total. The summed E-state index contributed by atoms with van der Waals surface area (Å²) in [5, 5.41) is 9.23. The van der Waals surface area contributed by atoms with Crippen molar-refractivity contribution in [3.8, 4) is 28.5 Å². The van der Waals surface area contributed by atoms with Gasteiger partial charge in [0.1, 0.15) is 12.1 Å². The van der Waals surface area contributed by atoms with Gasteiger partial charge in [-0.2, -0.15) is 4.99 Å². The number of urea groups is 1. The minimum absolute atomic E-state index is 0.317. The van der Waals surface area contributed by atoms with E-state index in [1.807, 2.05) is 79.3 Å². The topological polar surface area (TPSA) is 86.3 Å². The van der Waals surface area contributed by atoms with Gasteiger partial charge in [-0.25, -0.2) is 14.5 Å². The van der Waals surface area contributed by atoms with Crippen LogP contribution in [0, 0.1) is 20.8 Å². The van der Waals surface area contributed by atoms with E-state index >= 15 is 0 Å². The number of ether oxygens (including phenoxy) is 1. The van der Waals surface area contributed by atoms with E-state index in [0.717, 1.165) is 33.6 Å². The van der Waals surface area contributed by atoms with E-state index in [0.29, 0.717) is 22.0 Å². The second-order valence-corrected chi connectivity index (χ2v) is 10.6. The van der Waals surface area contributed by atoms with Crippen molar-refractivity contribution in [2.24, 2.45) is 4.99 Å². The van der Waals surface area contributed by atoms with Crippen LogP contribution in [-0.4, -0.2) is 31.7 Å². The Labute approximate surface area is 249 Å². The third-order valence-electron chi connectivity index (χ3n) is 6.42. The summed E-state index contributed by atoms with van der Waals surface area (Å²) in [7, 11) is 0. The Morgan fingerprint density at radius 3 is 2.33 bits per heavy atom. The van der Waals surface area contributed by atoms with E-state index in [4.69, 9.17) is 0 Å². The van der Waals surface area contributed by atoms with Gasteiger partial charge in [0.2, 0.25) is 0 Å². The molecular formula is C31H27F3N6O2S. The first kappa shape index (κ1) is 29.5. The number of allylic oxidation sites excluding steroid dienone is 1. The number of halogens is 3. The highest BCUT2D eigenvalue weighted by molar-refractivity contribution is 7.07. The number of hydrogen-bond acceptors (Lipinski definition) is 5. The summed E-state index contributed by atoms with van der Waals surface area (Å²) < 4.78 is 44.6. The molecule has 5 aromatic rings. The van der Waals surface area contributed by atoms with E-state index in [1.54, 1.807) is 6.92 Å². The number of benzene rings is 3. The number of rotatable bonds is 6. The van der Waals surface area contributed by atoms with E-state index in [9.17, 15) is 18.0 Å². The first-order valence-corrected chi connectivity index (χ1v) is 14.0. The fraction of sp³-hybridized carbons (Fsp3) is 0.161. The van der Waals surface area contributed by atoms with Crippen molar-refractivity contribution in [3.63, 3.8) is 0 Å². The summed E-state index contributed by atoms with van der Waals surface area (Å²) in [6.45, 7) is 7.85. The van der Waals surface area contributed by atoms with Crippen LogP contribution in [0.5, 0.6) is 5.75 Å². The SMILES string of the molecule is C/C(=C\c1ccc(-c2ncn(-c3ccc(OC(F)(F)F)cc3)n2)cc1)NC(=O)N=c1scc(C)n1-c1c(C)cccc1C. The Kier molecular flexibility index (Phi) is 8.31. The number of nitrogens with one attached hydrogen (secondary N) is 1. The number of nitrogens with zero attached hydrogens (tertiary/aromatic N) is 5. The monoisotopic (exact) mass is 604 g/mol. The normalized spacial score (nSPS) is 12.4. The number of carbonyl (C=O) groups is 1. The average molecular weight is 605 g/mol. The molecule has 0 saturated carbocycles. The highest BCUT2D eigenvalue weighted by Crippen LogP contribution is 2.24. The van der Waals surface area contributed by atoms with Crippen LogP contribution in [0.4, 0.5) is 18.0 Å². The van der Waals surface area contributed by atoms with Crippen LogP contribution in [0.25, 0.3) is 28.8 Å².